The summed E-state index contributed by atoms with van der Waals surface area (Å²) in [7, 11) is 0. The Hall–Kier alpha value is -2.79. The van der Waals surface area contributed by atoms with Gasteiger partial charge in [0, 0.05) is 25.7 Å². The summed E-state index contributed by atoms with van der Waals surface area (Å²) in [5, 5.41) is 10.3. The zero-order valence-electron chi connectivity index (χ0n) is 16.9. The summed E-state index contributed by atoms with van der Waals surface area (Å²) in [5.41, 5.74) is 6.44. The Morgan fingerprint density at radius 2 is 2.23 bits per heavy atom. The van der Waals surface area contributed by atoms with Gasteiger partial charge in [0.25, 0.3) is 5.91 Å². The highest BCUT2D eigenvalue weighted by Crippen LogP contribution is 2.25. The molecule has 0 bridgehead atoms. The van der Waals surface area contributed by atoms with Gasteiger partial charge in [-0.3, -0.25) is 9.59 Å². The van der Waals surface area contributed by atoms with Crippen LogP contribution in [0.15, 0.2) is 12.3 Å². The Kier molecular flexibility index (Phi) is 6.09. The third-order valence-electron chi connectivity index (χ3n) is 5.39. The van der Waals surface area contributed by atoms with Crippen molar-refractivity contribution in [1.82, 2.24) is 25.0 Å². The van der Waals surface area contributed by atoms with Crippen molar-refractivity contribution in [3.8, 4) is 0 Å². The van der Waals surface area contributed by atoms with Gasteiger partial charge < -0.3 is 26.6 Å². The summed E-state index contributed by atoms with van der Waals surface area (Å²) < 4.78 is 4.23. The molecule has 2 aliphatic rings. The second kappa shape index (κ2) is 8.92. The molecule has 10 nitrogen and oxygen atoms in total. The maximum absolute atomic E-state index is 12.5. The number of amides is 2. The van der Waals surface area contributed by atoms with Crippen LogP contribution in [0.3, 0.4) is 0 Å². The third-order valence-corrected chi connectivity index (χ3v) is 6.18. The highest BCUT2D eigenvalue weighted by Gasteiger charge is 2.28. The molecule has 160 valence electrons. The van der Waals surface area contributed by atoms with E-state index in [4.69, 9.17) is 5.73 Å². The molecular weight excluding hydrogens is 404 g/mol. The summed E-state index contributed by atoms with van der Waals surface area (Å²) >= 11 is 1.28. The van der Waals surface area contributed by atoms with Crippen LogP contribution < -0.4 is 26.6 Å². The Bertz CT molecular complexity index is 927. The molecule has 2 unspecified atom stereocenters. The molecule has 0 radical (unpaired) electrons. The van der Waals surface area contributed by atoms with Gasteiger partial charge in [-0.15, -0.1) is 0 Å². The fourth-order valence-corrected chi connectivity index (χ4v) is 4.50. The average molecular weight is 431 g/mol. The molecule has 2 aromatic heterocycles. The first kappa shape index (κ1) is 20.5. The number of nitrogens with two attached hydrogens (primary N) is 1. The minimum absolute atomic E-state index is 0.0497. The van der Waals surface area contributed by atoms with Crippen molar-refractivity contribution in [1.29, 1.82) is 0 Å². The van der Waals surface area contributed by atoms with E-state index >= 15 is 0 Å². The minimum atomic E-state index is -0.647. The fourth-order valence-electron chi connectivity index (χ4n) is 3.84. The van der Waals surface area contributed by atoms with Crippen molar-refractivity contribution in [3.63, 3.8) is 0 Å². The first-order valence-electron chi connectivity index (χ1n) is 10.1. The number of aromatic nitrogens is 3. The number of aryl methyl sites for hydroxylation is 1. The number of carbonyl (C=O) groups excluding carboxylic acids is 2. The van der Waals surface area contributed by atoms with E-state index in [9.17, 15) is 9.59 Å². The predicted molar refractivity (Wildman–Crippen MR) is 115 cm³/mol. The van der Waals surface area contributed by atoms with Gasteiger partial charge >= 0.3 is 0 Å². The lowest BCUT2D eigenvalue weighted by Crippen LogP contribution is -2.49. The first-order valence-corrected chi connectivity index (χ1v) is 10.9. The average Bonchev–Trinajstić information content (AvgIpc) is 3.40. The fraction of sp³-hybridized carbons (Fsp3) is 0.526. The maximum Gasteiger partial charge on any atom is 0.271 e. The number of primary amides is 1. The summed E-state index contributed by atoms with van der Waals surface area (Å²) in [6, 6.07) is 1.93. The Morgan fingerprint density at radius 1 is 1.37 bits per heavy atom. The van der Waals surface area contributed by atoms with Crippen LogP contribution in [0.2, 0.25) is 0 Å². The van der Waals surface area contributed by atoms with Crippen LogP contribution in [0.4, 0.5) is 16.6 Å². The number of rotatable bonds is 6. The van der Waals surface area contributed by atoms with Gasteiger partial charge in [0.05, 0.1) is 17.8 Å². The van der Waals surface area contributed by atoms with Crippen LogP contribution >= 0.6 is 11.5 Å². The molecule has 5 N–H and O–H groups in total. The van der Waals surface area contributed by atoms with Gasteiger partial charge in [-0.2, -0.15) is 4.37 Å². The van der Waals surface area contributed by atoms with E-state index in [1.807, 2.05) is 13.0 Å². The second-order valence-corrected chi connectivity index (χ2v) is 8.54. The van der Waals surface area contributed by atoms with E-state index in [0.717, 1.165) is 49.6 Å². The van der Waals surface area contributed by atoms with Crippen LogP contribution in [0.1, 0.15) is 35.4 Å². The molecule has 2 aliphatic heterocycles. The molecule has 2 aromatic rings. The van der Waals surface area contributed by atoms with E-state index in [1.54, 1.807) is 6.20 Å². The molecule has 2 fully saturated rings. The molecule has 0 aromatic carbocycles. The van der Waals surface area contributed by atoms with Crippen molar-refractivity contribution in [3.05, 3.63) is 23.7 Å². The van der Waals surface area contributed by atoms with Gasteiger partial charge in [0.15, 0.2) is 11.5 Å². The molecule has 0 aliphatic carbocycles. The van der Waals surface area contributed by atoms with Crippen molar-refractivity contribution in [2.75, 3.05) is 36.4 Å². The van der Waals surface area contributed by atoms with Gasteiger partial charge in [-0.05, 0) is 50.3 Å². The van der Waals surface area contributed by atoms with Crippen molar-refractivity contribution < 1.29 is 9.59 Å². The second-order valence-electron chi connectivity index (χ2n) is 7.73. The van der Waals surface area contributed by atoms with Gasteiger partial charge in [-0.25, -0.2) is 9.97 Å². The molecule has 4 heterocycles. The van der Waals surface area contributed by atoms with Crippen LogP contribution in [0.25, 0.3) is 0 Å². The molecule has 0 spiro atoms. The molecule has 2 atom stereocenters. The topological polar surface area (TPSA) is 138 Å². The van der Waals surface area contributed by atoms with Crippen LogP contribution in [0.5, 0.6) is 0 Å². The smallest absolute Gasteiger partial charge is 0.271 e. The molecule has 2 saturated heterocycles. The summed E-state index contributed by atoms with van der Waals surface area (Å²) in [5.74, 6) is 0.474. The SMILES string of the molecule is Cc1cc(Nc2nc(N3CCCC(NC(=O)C4CCNC4)C3)cnc2C(N)=O)sn1. The number of anilines is 3. The normalized spacial score (nSPS) is 21.4. The largest absolute Gasteiger partial charge is 0.364 e. The number of hydrogen-bond acceptors (Lipinski definition) is 9. The Labute approximate surface area is 178 Å². The van der Waals surface area contributed by atoms with Crippen molar-refractivity contribution in [2.45, 2.75) is 32.2 Å². The number of nitrogens with one attached hydrogen (secondary N) is 3. The lowest BCUT2D eigenvalue weighted by molar-refractivity contribution is -0.125. The molecular formula is C19H26N8O2S. The van der Waals surface area contributed by atoms with E-state index in [2.05, 4.69) is 35.2 Å². The monoisotopic (exact) mass is 430 g/mol. The quantitative estimate of drug-likeness (QED) is 0.527. The summed E-state index contributed by atoms with van der Waals surface area (Å²) in [4.78, 5) is 35.2. The molecule has 30 heavy (non-hydrogen) atoms. The van der Waals surface area contributed by atoms with Gasteiger partial charge in [0.2, 0.25) is 5.91 Å². The molecule has 2 amide bonds. The summed E-state index contributed by atoms with van der Waals surface area (Å²) in [6.45, 7) is 4.99. The highest BCUT2D eigenvalue weighted by molar-refractivity contribution is 7.10. The molecule has 11 heteroatoms. The number of hydrogen-bond donors (Lipinski definition) is 4. The Morgan fingerprint density at radius 3 is 2.93 bits per heavy atom. The van der Waals surface area contributed by atoms with Gasteiger partial charge in [-0.1, -0.05) is 0 Å². The van der Waals surface area contributed by atoms with E-state index in [-0.39, 0.29) is 23.6 Å². The third kappa shape index (κ3) is 4.68. The number of nitrogens with zero attached hydrogens (tertiary/aromatic N) is 4. The van der Waals surface area contributed by atoms with E-state index in [0.29, 0.717) is 18.2 Å². The zero-order chi connectivity index (χ0) is 21.1. The standard InChI is InChI=1S/C19H26N8O2S/c1-11-7-15(30-26-11)25-18-16(17(20)28)22-9-14(24-18)27-6-2-3-13(10-27)23-19(29)12-4-5-21-8-12/h7,9,12-13,21H,2-6,8,10H2,1H3,(H2,20,28)(H,23,29)(H,24,25). The number of carbonyl (C=O) groups is 2. The van der Waals surface area contributed by atoms with E-state index in [1.165, 1.54) is 11.5 Å². The maximum atomic E-state index is 12.5. The Balaban J connectivity index is 1.48. The van der Waals surface area contributed by atoms with Gasteiger partial charge in [0.1, 0.15) is 10.8 Å². The highest BCUT2D eigenvalue weighted by atomic mass is 32.1. The minimum Gasteiger partial charge on any atom is -0.364 e. The zero-order valence-corrected chi connectivity index (χ0v) is 17.7. The molecule has 0 saturated carbocycles. The van der Waals surface area contributed by atoms with Crippen LogP contribution in [0, 0.1) is 12.8 Å². The van der Waals surface area contributed by atoms with Crippen molar-refractivity contribution >= 4 is 40.0 Å². The van der Waals surface area contributed by atoms with E-state index < -0.39 is 5.91 Å². The predicted octanol–water partition coefficient (Wildman–Crippen LogP) is 0.779. The lowest BCUT2D eigenvalue weighted by atomic mass is 10.0. The lowest BCUT2D eigenvalue weighted by Gasteiger charge is -2.34. The van der Waals surface area contributed by atoms with Crippen molar-refractivity contribution in [2.24, 2.45) is 11.7 Å². The number of piperidine rings is 1. The van der Waals surface area contributed by atoms with Crippen LogP contribution in [-0.4, -0.2) is 58.4 Å². The van der Waals surface area contributed by atoms with Crippen LogP contribution in [-0.2, 0) is 4.79 Å². The first-order chi connectivity index (χ1) is 14.5. The molecule has 4 rings (SSSR count). The summed E-state index contributed by atoms with van der Waals surface area (Å²) in [6.07, 6.45) is 4.31.